The number of nitrogens with zero attached hydrogens (tertiary/aromatic N) is 2. The van der Waals surface area contributed by atoms with Crippen LogP contribution in [0, 0.1) is 10.1 Å². The van der Waals surface area contributed by atoms with Crippen LogP contribution in [0.1, 0.15) is 32.3 Å². The largest absolute Gasteiger partial charge is 0.317 e. The number of nitro groups is 1. The van der Waals surface area contributed by atoms with Crippen molar-refractivity contribution >= 4 is 26.6 Å². The van der Waals surface area contributed by atoms with Crippen molar-refractivity contribution in [3.63, 3.8) is 0 Å². The monoisotopic (exact) mass is 401 g/mol. The molecule has 1 heterocycles. The fourth-order valence-electron chi connectivity index (χ4n) is 2.96. The maximum Gasteiger partial charge on any atom is 0.270 e. The molecule has 3 rings (SSSR count). The van der Waals surface area contributed by atoms with Gasteiger partial charge in [0.2, 0.25) is 10.0 Å². The molecule has 0 radical (unpaired) electrons. The Hall–Kier alpha value is -2.71. The number of hydrogen-bond acceptors (Lipinski definition) is 4. The summed E-state index contributed by atoms with van der Waals surface area (Å²) >= 11 is 0. The summed E-state index contributed by atoms with van der Waals surface area (Å²) in [6.07, 6.45) is 1.88. The highest BCUT2D eigenvalue weighted by molar-refractivity contribution is 7.90. The molecule has 0 fully saturated rings. The number of rotatable bonds is 7. The molecule has 3 aromatic rings. The van der Waals surface area contributed by atoms with Gasteiger partial charge in [0.15, 0.2) is 0 Å². The van der Waals surface area contributed by atoms with Crippen molar-refractivity contribution in [2.45, 2.75) is 31.9 Å². The molecule has 0 unspecified atom stereocenters. The fourth-order valence-corrected chi connectivity index (χ4v) is 3.77. The van der Waals surface area contributed by atoms with Gasteiger partial charge in [0.05, 0.1) is 15.7 Å². The van der Waals surface area contributed by atoms with Crippen LogP contribution in [0.5, 0.6) is 0 Å². The Morgan fingerprint density at radius 2 is 1.75 bits per heavy atom. The van der Waals surface area contributed by atoms with Crippen LogP contribution in [-0.4, -0.2) is 29.7 Å². The van der Waals surface area contributed by atoms with Crippen LogP contribution in [0.4, 0.5) is 5.69 Å². The van der Waals surface area contributed by atoms with Gasteiger partial charge in [-0.15, -0.1) is 0 Å². The Bertz CT molecular complexity index is 1100. The highest BCUT2D eigenvalue weighted by atomic mass is 32.2. The summed E-state index contributed by atoms with van der Waals surface area (Å²) in [5.41, 5.74) is 2.92. The Labute approximate surface area is 164 Å². The van der Waals surface area contributed by atoms with Crippen LogP contribution in [0.25, 0.3) is 16.6 Å². The summed E-state index contributed by atoms with van der Waals surface area (Å²) in [4.78, 5) is 10.5. The number of benzene rings is 2. The van der Waals surface area contributed by atoms with E-state index in [4.69, 9.17) is 0 Å². The van der Waals surface area contributed by atoms with Gasteiger partial charge in [-0.25, -0.2) is 13.1 Å². The molecule has 0 saturated heterocycles. The van der Waals surface area contributed by atoms with Gasteiger partial charge in [0.25, 0.3) is 5.69 Å². The molecule has 0 bridgehead atoms. The quantitative estimate of drug-likeness (QED) is 0.479. The minimum Gasteiger partial charge on any atom is -0.317 e. The molecule has 0 saturated carbocycles. The summed E-state index contributed by atoms with van der Waals surface area (Å²) in [5.74, 6) is 0.0339. The first-order valence-electron chi connectivity index (χ1n) is 9.03. The highest BCUT2D eigenvalue weighted by Gasteiger charge is 2.17. The second kappa shape index (κ2) is 7.73. The number of hydrogen-bond donors (Lipinski definition) is 1. The van der Waals surface area contributed by atoms with Crippen molar-refractivity contribution in [3.05, 3.63) is 70.4 Å². The smallest absolute Gasteiger partial charge is 0.270 e. The van der Waals surface area contributed by atoms with Crippen LogP contribution in [0.2, 0.25) is 0 Å². The highest BCUT2D eigenvalue weighted by Crippen LogP contribution is 2.25. The van der Waals surface area contributed by atoms with Gasteiger partial charge in [-0.1, -0.05) is 19.1 Å². The fraction of sp³-hybridized carbons (Fsp3) is 0.300. The van der Waals surface area contributed by atoms with E-state index in [1.54, 1.807) is 26.0 Å². The van der Waals surface area contributed by atoms with E-state index in [0.717, 1.165) is 22.2 Å². The summed E-state index contributed by atoms with van der Waals surface area (Å²) < 4.78 is 28.4. The lowest BCUT2D eigenvalue weighted by atomic mass is 10.0. The molecule has 1 N–H and O–H groups in total. The number of sulfonamides is 1. The van der Waals surface area contributed by atoms with Crippen molar-refractivity contribution in [3.8, 4) is 5.69 Å². The Morgan fingerprint density at radius 1 is 1.07 bits per heavy atom. The van der Waals surface area contributed by atoms with Gasteiger partial charge in [-0.2, -0.15) is 0 Å². The lowest BCUT2D eigenvalue weighted by Crippen LogP contribution is -2.33. The third-order valence-corrected chi connectivity index (χ3v) is 6.65. The van der Waals surface area contributed by atoms with Crippen molar-refractivity contribution in [2.75, 3.05) is 6.54 Å². The van der Waals surface area contributed by atoms with Crippen LogP contribution in [0.15, 0.2) is 54.7 Å². The number of nitrogens with one attached hydrogen (secondary N) is 1. The molecular formula is C20H23N3O4S. The van der Waals surface area contributed by atoms with E-state index in [2.05, 4.69) is 4.72 Å². The minimum atomic E-state index is -3.28. The van der Waals surface area contributed by atoms with Crippen molar-refractivity contribution in [1.29, 1.82) is 0 Å². The average Bonchev–Trinajstić information content (AvgIpc) is 3.09. The van der Waals surface area contributed by atoms with Crippen molar-refractivity contribution < 1.29 is 13.3 Å². The molecule has 148 valence electrons. The van der Waals surface area contributed by atoms with Gasteiger partial charge in [0.1, 0.15) is 0 Å². The summed E-state index contributed by atoms with van der Waals surface area (Å²) in [6, 6.07) is 14.5. The van der Waals surface area contributed by atoms with E-state index in [-0.39, 0.29) is 11.6 Å². The molecule has 8 heteroatoms. The standard InChI is InChI=1S/C20H23N3O4S/c1-14(2)28(26,27)21-13-15(3)16-4-6-18(7-5-16)22-11-10-17-12-19(23(24)25)8-9-20(17)22/h4-12,14-15,21H,13H2,1-3H3/t15-/m0/s1. The van der Waals surface area contributed by atoms with Gasteiger partial charge in [0, 0.05) is 35.9 Å². The first kappa shape index (κ1) is 20.0. The number of nitro benzene ring substituents is 1. The Kier molecular flexibility index (Phi) is 5.53. The molecule has 1 atom stereocenters. The average molecular weight is 401 g/mol. The second-order valence-electron chi connectivity index (χ2n) is 7.12. The molecule has 0 amide bonds. The van der Waals surface area contributed by atoms with E-state index >= 15 is 0 Å². The SMILES string of the molecule is CC(C)S(=O)(=O)NC[C@H](C)c1ccc(-n2ccc3cc([N+](=O)[O-])ccc32)cc1. The predicted octanol–water partition coefficient (Wildman–Crippen LogP) is 3.97. The summed E-state index contributed by atoms with van der Waals surface area (Å²) in [7, 11) is -3.28. The first-order chi connectivity index (χ1) is 13.2. The van der Waals surface area contributed by atoms with Crippen LogP contribution < -0.4 is 4.72 Å². The topological polar surface area (TPSA) is 94.2 Å². The third kappa shape index (κ3) is 4.07. The summed E-state index contributed by atoms with van der Waals surface area (Å²) in [6.45, 7) is 5.62. The molecule has 1 aromatic heterocycles. The molecule has 28 heavy (non-hydrogen) atoms. The second-order valence-corrected chi connectivity index (χ2v) is 9.44. The minimum absolute atomic E-state index is 0.0339. The van der Waals surface area contributed by atoms with Gasteiger partial charge >= 0.3 is 0 Å². The maximum absolute atomic E-state index is 11.9. The van der Waals surface area contributed by atoms with E-state index in [0.29, 0.717) is 6.54 Å². The zero-order valence-electron chi connectivity index (χ0n) is 16.0. The van der Waals surface area contributed by atoms with E-state index in [1.807, 2.05) is 48.0 Å². The van der Waals surface area contributed by atoms with Crippen LogP contribution in [0.3, 0.4) is 0 Å². The molecule has 7 nitrogen and oxygen atoms in total. The van der Waals surface area contributed by atoms with E-state index < -0.39 is 20.2 Å². The number of fused-ring (bicyclic) bond motifs is 1. The zero-order valence-corrected chi connectivity index (χ0v) is 16.8. The molecule has 2 aromatic carbocycles. The number of non-ortho nitro benzene ring substituents is 1. The molecule has 0 spiro atoms. The van der Waals surface area contributed by atoms with Gasteiger partial charge in [-0.05, 0) is 49.6 Å². The van der Waals surface area contributed by atoms with E-state index in [1.165, 1.54) is 6.07 Å². The normalized spacial score (nSPS) is 13.1. The predicted molar refractivity (Wildman–Crippen MR) is 110 cm³/mol. The van der Waals surface area contributed by atoms with Gasteiger partial charge < -0.3 is 4.57 Å². The molecular weight excluding hydrogens is 378 g/mol. The number of aromatic nitrogens is 1. The third-order valence-electron chi connectivity index (χ3n) is 4.84. The summed E-state index contributed by atoms with van der Waals surface area (Å²) in [5, 5.41) is 11.3. The first-order valence-corrected chi connectivity index (χ1v) is 10.6. The molecule has 0 aliphatic heterocycles. The molecule has 0 aliphatic rings. The van der Waals surface area contributed by atoms with Crippen molar-refractivity contribution in [1.82, 2.24) is 9.29 Å². The van der Waals surface area contributed by atoms with Gasteiger partial charge in [-0.3, -0.25) is 10.1 Å². The van der Waals surface area contributed by atoms with Crippen LogP contribution in [-0.2, 0) is 10.0 Å². The molecule has 0 aliphatic carbocycles. The van der Waals surface area contributed by atoms with Crippen molar-refractivity contribution in [2.24, 2.45) is 0 Å². The lowest BCUT2D eigenvalue weighted by Gasteiger charge is -2.16. The van der Waals surface area contributed by atoms with E-state index in [9.17, 15) is 18.5 Å². The maximum atomic E-state index is 11.9. The lowest BCUT2D eigenvalue weighted by molar-refractivity contribution is -0.384. The van der Waals surface area contributed by atoms with Crippen LogP contribution >= 0.6 is 0 Å². The zero-order chi connectivity index (χ0) is 20.5. The Balaban J connectivity index is 1.79. The Morgan fingerprint density at radius 3 is 2.36 bits per heavy atom.